The van der Waals surface area contributed by atoms with E-state index in [1.165, 1.54) is 12.1 Å². The lowest BCUT2D eigenvalue weighted by Gasteiger charge is -2.29. The van der Waals surface area contributed by atoms with Crippen molar-refractivity contribution in [3.8, 4) is 0 Å². The van der Waals surface area contributed by atoms with Crippen molar-refractivity contribution < 1.29 is 9.18 Å². The van der Waals surface area contributed by atoms with Gasteiger partial charge in [-0.15, -0.1) is 0 Å². The maximum absolute atomic E-state index is 13.3. The Kier molecular flexibility index (Phi) is 5.28. The lowest BCUT2D eigenvalue weighted by Crippen LogP contribution is -2.37. The van der Waals surface area contributed by atoms with E-state index in [1.807, 2.05) is 48.3 Å². The van der Waals surface area contributed by atoms with Crippen LogP contribution in [0.1, 0.15) is 17.2 Å². The fraction of sp³-hybridized carbons (Fsp3) is 0.278. The molecule has 0 aliphatic carbocycles. The molecule has 22 heavy (non-hydrogen) atoms. The highest BCUT2D eigenvalue weighted by molar-refractivity contribution is 5.82. The van der Waals surface area contributed by atoms with Crippen molar-refractivity contribution in [2.24, 2.45) is 0 Å². The third-order valence-corrected chi connectivity index (χ3v) is 3.55. The molecule has 0 radical (unpaired) electrons. The zero-order valence-electron chi connectivity index (χ0n) is 13.2. The molecule has 0 bridgehead atoms. The molecule has 0 saturated carbocycles. The summed E-state index contributed by atoms with van der Waals surface area (Å²) in [5, 5.41) is 0. The van der Waals surface area contributed by atoms with Crippen molar-refractivity contribution in [1.29, 1.82) is 0 Å². The van der Waals surface area contributed by atoms with Gasteiger partial charge in [0.2, 0.25) is 5.91 Å². The van der Waals surface area contributed by atoms with Crippen molar-refractivity contribution in [3.05, 3.63) is 71.5 Å². The van der Waals surface area contributed by atoms with Gasteiger partial charge in [0.25, 0.3) is 0 Å². The van der Waals surface area contributed by atoms with Gasteiger partial charge in [-0.2, -0.15) is 0 Å². The molecule has 116 valence electrons. The third-order valence-electron chi connectivity index (χ3n) is 3.55. The monoisotopic (exact) mass is 300 g/mol. The van der Waals surface area contributed by atoms with Crippen LogP contribution in [0.5, 0.6) is 0 Å². The third kappa shape index (κ3) is 3.92. The molecule has 0 spiro atoms. The maximum atomic E-state index is 13.3. The van der Waals surface area contributed by atoms with Crippen LogP contribution in [0.4, 0.5) is 4.39 Å². The molecule has 1 amide bonds. The van der Waals surface area contributed by atoms with E-state index in [0.717, 1.165) is 11.1 Å². The summed E-state index contributed by atoms with van der Waals surface area (Å²) in [5.74, 6) is -0.258. The Hall–Kier alpha value is -2.20. The molecule has 0 saturated heterocycles. The highest BCUT2D eigenvalue weighted by Gasteiger charge is 2.26. The molecule has 2 aromatic carbocycles. The highest BCUT2D eigenvalue weighted by Crippen LogP contribution is 2.23. The molecule has 3 nitrogen and oxygen atoms in total. The van der Waals surface area contributed by atoms with Gasteiger partial charge in [0.15, 0.2) is 0 Å². The van der Waals surface area contributed by atoms with E-state index in [1.54, 1.807) is 25.1 Å². The van der Waals surface area contributed by atoms with Crippen LogP contribution in [-0.4, -0.2) is 36.9 Å². The van der Waals surface area contributed by atoms with Gasteiger partial charge in [-0.05, 0) is 30.3 Å². The first-order valence-corrected chi connectivity index (χ1v) is 7.20. The molecule has 1 unspecified atom stereocenters. The second-order valence-electron chi connectivity index (χ2n) is 5.59. The van der Waals surface area contributed by atoms with E-state index < -0.39 is 0 Å². The van der Waals surface area contributed by atoms with Crippen molar-refractivity contribution in [3.63, 3.8) is 0 Å². The molecular weight excluding hydrogens is 279 g/mol. The van der Waals surface area contributed by atoms with Gasteiger partial charge in [-0.1, -0.05) is 42.5 Å². The number of hydrogen-bond donors (Lipinski definition) is 0. The summed E-state index contributed by atoms with van der Waals surface area (Å²) in [6, 6.07) is 15.7. The number of amides is 1. The smallest absolute Gasteiger partial charge is 0.244 e. The van der Waals surface area contributed by atoms with Crippen LogP contribution in [0.25, 0.3) is 0 Å². The van der Waals surface area contributed by atoms with E-state index in [9.17, 15) is 9.18 Å². The van der Waals surface area contributed by atoms with E-state index in [4.69, 9.17) is 0 Å². The summed E-state index contributed by atoms with van der Waals surface area (Å²) in [6.45, 7) is 0.497. The Morgan fingerprint density at radius 3 is 2.32 bits per heavy atom. The zero-order valence-corrected chi connectivity index (χ0v) is 13.2. The average molecular weight is 300 g/mol. The van der Waals surface area contributed by atoms with Crippen LogP contribution in [0, 0.1) is 5.82 Å². The minimum Gasteiger partial charge on any atom is -0.347 e. The Bertz CT molecular complexity index is 628. The van der Waals surface area contributed by atoms with Crippen molar-refractivity contribution in [1.82, 2.24) is 9.80 Å². The molecule has 4 heteroatoms. The number of carbonyl (C=O) groups is 1. The topological polar surface area (TPSA) is 23.6 Å². The minimum absolute atomic E-state index is 0.00473. The molecular formula is C18H21FN2O. The Labute approximate surface area is 131 Å². The van der Waals surface area contributed by atoms with Gasteiger partial charge in [-0.25, -0.2) is 4.39 Å². The lowest BCUT2D eigenvalue weighted by molar-refractivity contribution is -0.134. The summed E-state index contributed by atoms with van der Waals surface area (Å²) in [6.07, 6.45) is 0. The second-order valence-corrected chi connectivity index (χ2v) is 5.59. The van der Waals surface area contributed by atoms with Gasteiger partial charge in [0, 0.05) is 20.6 Å². The maximum Gasteiger partial charge on any atom is 0.244 e. The van der Waals surface area contributed by atoms with Crippen LogP contribution in [-0.2, 0) is 11.3 Å². The first kappa shape index (κ1) is 16.2. The number of carbonyl (C=O) groups excluding carboxylic acids is 1. The molecule has 1 atom stereocenters. The van der Waals surface area contributed by atoms with Crippen molar-refractivity contribution >= 4 is 5.91 Å². The van der Waals surface area contributed by atoms with Gasteiger partial charge in [-0.3, -0.25) is 9.69 Å². The van der Waals surface area contributed by atoms with Gasteiger partial charge in [0.1, 0.15) is 11.9 Å². The first-order valence-electron chi connectivity index (χ1n) is 7.20. The molecule has 2 aromatic rings. The quantitative estimate of drug-likeness (QED) is 0.847. The number of likely N-dealkylation sites (N-methyl/N-ethyl adjacent to an activating group) is 2. The number of nitrogens with zero attached hydrogens (tertiary/aromatic N) is 2. The van der Waals surface area contributed by atoms with Gasteiger partial charge >= 0.3 is 0 Å². The first-order chi connectivity index (χ1) is 10.5. The summed E-state index contributed by atoms with van der Waals surface area (Å²) >= 11 is 0. The van der Waals surface area contributed by atoms with Crippen LogP contribution < -0.4 is 0 Å². The molecule has 0 fully saturated rings. The van der Waals surface area contributed by atoms with Crippen LogP contribution in [0.15, 0.2) is 54.6 Å². The van der Waals surface area contributed by atoms with Crippen LogP contribution >= 0.6 is 0 Å². The summed E-state index contributed by atoms with van der Waals surface area (Å²) in [7, 11) is 5.37. The molecule has 0 aliphatic rings. The van der Waals surface area contributed by atoms with Crippen LogP contribution in [0.2, 0.25) is 0 Å². The standard InChI is InChI=1S/C18H21FN2O/c1-20(2)18(22)17(15-9-5-4-6-10-15)21(3)13-14-8-7-11-16(19)12-14/h4-12,17H,13H2,1-3H3. The number of hydrogen-bond acceptors (Lipinski definition) is 2. The largest absolute Gasteiger partial charge is 0.347 e. The molecule has 0 aromatic heterocycles. The average Bonchev–Trinajstić information content (AvgIpc) is 2.48. The van der Waals surface area contributed by atoms with Crippen molar-refractivity contribution in [2.45, 2.75) is 12.6 Å². The zero-order chi connectivity index (χ0) is 16.1. The normalized spacial score (nSPS) is 12.2. The SMILES string of the molecule is CN(C)C(=O)C(c1ccccc1)N(C)Cc1cccc(F)c1. The molecule has 2 rings (SSSR count). The highest BCUT2D eigenvalue weighted by atomic mass is 19.1. The predicted octanol–water partition coefficient (Wildman–Crippen LogP) is 3.09. The predicted molar refractivity (Wildman–Crippen MR) is 85.7 cm³/mol. The van der Waals surface area contributed by atoms with Gasteiger partial charge < -0.3 is 4.90 Å². The Balaban J connectivity index is 2.26. The summed E-state index contributed by atoms with van der Waals surface area (Å²) < 4.78 is 13.3. The minimum atomic E-state index is -0.389. The summed E-state index contributed by atoms with van der Waals surface area (Å²) in [4.78, 5) is 16.1. The second kappa shape index (κ2) is 7.18. The van der Waals surface area contributed by atoms with Gasteiger partial charge in [0.05, 0.1) is 0 Å². The fourth-order valence-corrected chi connectivity index (χ4v) is 2.48. The number of halogens is 1. The Morgan fingerprint density at radius 1 is 1.05 bits per heavy atom. The van der Waals surface area contributed by atoms with E-state index in [2.05, 4.69) is 0 Å². The van der Waals surface area contributed by atoms with Crippen molar-refractivity contribution in [2.75, 3.05) is 21.1 Å². The number of benzene rings is 2. The Morgan fingerprint density at radius 2 is 1.73 bits per heavy atom. The van der Waals surface area contributed by atoms with E-state index in [-0.39, 0.29) is 17.8 Å². The van der Waals surface area contributed by atoms with E-state index >= 15 is 0 Å². The van der Waals surface area contributed by atoms with Crippen LogP contribution in [0.3, 0.4) is 0 Å². The summed E-state index contributed by atoms with van der Waals surface area (Å²) in [5.41, 5.74) is 1.77. The molecule has 0 aliphatic heterocycles. The van der Waals surface area contributed by atoms with E-state index in [0.29, 0.717) is 6.54 Å². The molecule has 0 N–H and O–H groups in total. The molecule has 0 heterocycles. The fourth-order valence-electron chi connectivity index (χ4n) is 2.48. The number of rotatable bonds is 5. The lowest BCUT2D eigenvalue weighted by atomic mass is 10.0.